The molecule has 1 aromatic heterocycles. The van der Waals surface area contributed by atoms with Gasteiger partial charge in [-0.05, 0) is 60.7 Å². The molecule has 0 N–H and O–H groups in total. The molecule has 1 aliphatic heterocycles. The van der Waals surface area contributed by atoms with E-state index in [9.17, 15) is 22.4 Å². The van der Waals surface area contributed by atoms with Crippen molar-refractivity contribution in [2.45, 2.75) is 11.4 Å². The second-order valence-corrected chi connectivity index (χ2v) is 10.4. The lowest BCUT2D eigenvalue weighted by Crippen LogP contribution is -2.50. The highest BCUT2D eigenvalue weighted by molar-refractivity contribution is 7.90. The Morgan fingerprint density at radius 2 is 1.51 bits per heavy atom. The molecule has 4 aromatic rings. The number of hydrogen-bond acceptors (Lipinski definition) is 6. The van der Waals surface area contributed by atoms with Crippen LogP contribution in [0.15, 0.2) is 82.5 Å². The van der Waals surface area contributed by atoms with Crippen molar-refractivity contribution >= 4 is 32.7 Å². The topological polar surface area (TPSA) is 93.8 Å². The van der Waals surface area contributed by atoms with Crippen molar-refractivity contribution in [2.75, 3.05) is 38.2 Å². The van der Waals surface area contributed by atoms with Gasteiger partial charge in [0.15, 0.2) is 0 Å². The Labute approximate surface area is 213 Å². The third kappa shape index (κ3) is 4.57. The van der Waals surface area contributed by atoms with E-state index in [4.69, 9.17) is 4.74 Å². The standard InChI is InChI=1S/C26H25FN4O5S/c1-36-21-10-8-20(9-11-21)28-14-16-29(17-15-28)25(32)18-30-23-4-2-3-5-24(23)31(26(30)33)37(34,35)22-12-6-19(27)7-13-22/h2-13H,14-18H2,1H3. The summed E-state index contributed by atoms with van der Waals surface area (Å²) in [5.41, 5.74) is 0.645. The van der Waals surface area contributed by atoms with Crippen LogP contribution in [0.2, 0.25) is 0 Å². The van der Waals surface area contributed by atoms with E-state index in [0.717, 1.165) is 35.7 Å². The molecule has 2 heterocycles. The number of imidazole rings is 1. The lowest BCUT2D eigenvalue weighted by atomic mass is 10.2. The number of ether oxygens (including phenoxy) is 1. The van der Waals surface area contributed by atoms with Crippen LogP contribution >= 0.6 is 0 Å². The zero-order chi connectivity index (χ0) is 26.2. The van der Waals surface area contributed by atoms with Crippen molar-refractivity contribution in [3.05, 3.63) is 89.1 Å². The van der Waals surface area contributed by atoms with E-state index >= 15 is 0 Å². The summed E-state index contributed by atoms with van der Waals surface area (Å²) in [6.45, 7) is 1.87. The fourth-order valence-electron chi connectivity index (χ4n) is 4.52. The minimum Gasteiger partial charge on any atom is -0.497 e. The van der Waals surface area contributed by atoms with Crippen molar-refractivity contribution in [2.24, 2.45) is 0 Å². The van der Waals surface area contributed by atoms with Crippen LogP contribution in [0.3, 0.4) is 0 Å². The zero-order valence-corrected chi connectivity index (χ0v) is 20.9. The largest absolute Gasteiger partial charge is 0.497 e. The lowest BCUT2D eigenvalue weighted by Gasteiger charge is -2.36. The zero-order valence-electron chi connectivity index (χ0n) is 20.1. The number of piperazine rings is 1. The van der Waals surface area contributed by atoms with Gasteiger partial charge in [0.25, 0.3) is 10.0 Å². The summed E-state index contributed by atoms with van der Waals surface area (Å²) < 4.78 is 47.0. The number of benzene rings is 3. The van der Waals surface area contributed by atoms with Gasteiger partial charge in [0, 0.05) is 31.9 Å². The van der Waals surface area contributed by atoms with Crippen molar-refractivity contribution < 1.29 is 22.3 Å². The van der Waals surface area contributed by atoms with Crippen molar-refractivity contribution in [1.82, 2.24) is 13.4 Å². The van der Waals surface area contributed by atoms with Crippen molar-refractivity contribution in [1.29, 1.82) is 0 Å². The predicted octanol–water partition coefficient (Wildman–Crippen LogP) is 2.54. The number of rotatable bonds is 6. The highest BCUT2D eigenvalue weighted by Gasteiger charge is 2.28. The maximum atomic E-state index is 13.4. The summed E-state index contributed by atoms with van der Waals surface area (Å²) in [7, 11) is -2.71. The number of fused-ring (bicyclic) bond motifs is 1. The predicted molar refractivity (Wildman–Crippen MR) is 137 cm³/mol. The maximum absolute atomic E-state index is 13.4. The van der Waals surface area contributed by atoms with Crippen LogP contribution in [0.1, 0.15) is 0 Å². The minimum atomic E-state index is -4.32. The van der Waals surface area contributed by atoms with E-state index in [1.54, 1.807) is 30.2 Å². The van der Waals surface area contributed by atoms with Crippen LogP contribution in [0.5, 0.6) is 5.75 Å². The van der Waals surface area contributed by atoms with Crippen molar-refractivity contribution in [3.8, 4) is 5.75 Å². The Kier molecular flexibility index (Phi) is 6.46. The van der Waals surface area contributed by atoms with Gasteiger partial charge in [-0.25, -0.2) is 17.6 Å². The Morgan fingerprint density at radius 3 is 2.14 bits per heavy atom. The van der Waals surface area contributed by atoms with Crippen LogP contribution in [-0.2, 0) is 21.4 Å². The lowest BCUT2D eigenvalue weighted by molar-refractivity contribution is -0.132. The highest BCUT2D eigenvalue weighted by Crippen LogP contribution is 2.22. The number of nitrogens with zero attached hydrogens (tertiary/aromatic N) is 4. The maximum Gasteiger partial charge on any atom is 0.343 e. The third-order valence-electron chi connectivity index (χ3n) is 6.51. The number of methoxy groups -OCH3 is 1. The van der Waals surface area contributed by atoms with Crippen LogP contribution in [-0.4, -0.2) is 61.1 Å². The van der Waals surface area contributed by atoms with Gasteiger partial charge in [0.1, 0.15) is 18.1 Å². The summed E-state index contributed by atoms with van der Waals surface area (Å²) in [4.78, 5) is 30.2. The monoisotopic (exact) mass is 524 g/mol. The number of amides is 1. The molecule has 0 atom stereocenters. The second kappa shape index (κ2) is 9.74. The first-order valence-electron chi connectivity index (χ1n) is 11.7. The smallest absolute Gasteiger partial charge is 0.343 e. The molecule has 0 unspecified atom stereocenters. The summed E-state index contributed by atoms with van der Waals surface area (Å²) in [6.07, 6.45) is 0. The van der Waals surface area contributed by atoms with Crippen LogP contribution in [0.25, 0.3) is 11.0 Å². The van der Waals surface area contributed by atoms with Gasteiger partial charge in [-0.3, -0.25) is 9.36 Å². The van der Waals surface area contributed by atoms with Crippen LogP contribution in [0, 0.1) is 5.82 Å². The first-order valence-corrected chi connectivity index (χ1v) is 13.1. The molecule has 11 heteroatoms. The van der Waals surface area contributed by atoms with E-state index in [1.165, 1.54) is 10.6 Å². The van der Waals surface area contributed by atoms with Gasteiger partial charge in [0.2, 0.25) is 5.91 Å². The Morgan fingerprint density at radius 1 is 0.892 bits per heavy atom. The SMILES string of the molecule is COc1ccc(N2CCN(C(=O)Cn3c(=O)n(S(=O)(=O)c4ccc(F)cc4)c4ccccc43)CC2)cc1. The Bertz CT molecular complexity index is 1600. The van der Waals surface area contributed by atoms with Gasteiger partial charge in [0.05, 0.1) is 23.0 Å². The van der Waals surface area contributed by atoms with E-state index in [2.05, 4.69) is 4.90 Å². The molecule has 0 bridgehead atoms. The number of aromatic nitrogens is 2. The summed E-state index contributed by atoms with van der Waals surface area (Å²) in [5.74, 6) is -0.103. The summed E-state index contributed by atoms with van der Waals surface area (Å²) in [6, 6.07) is 18.3. The Hall–Kier alpha value is -4.12. The summed E-state index contributed by atoms with van der Waals surface area (Å²) in [5, 5.41) is 0. The van der Waals surface area contributed by atoms with Crippen molar-refractivity contribution in [3.63, 3.8) is 0 Å². The molecule has 1 fully saturated rings. The normalized spacial score (nSPS) is 14.2. The number of para-hydroxylation sites is 2. The molecule has 9 nitrogen and oxygen atoms in total. The quantitative estimate of drug-likeness (QED) is 0.385. The van der Waals surface area contributed by atoms with E-state index < -0.39 is 21.5 Å². The van der Waals surface area contributed by atoms with Gasteiger partial charge in [-0.15, -0.1) is 0 Å². The van der Waals surface area contributed by atoms with Gasteiger partial charge in [-0.1, -0.05) is 12.1 Å². The molecule has 5 rings (SSSR count). The highest BCUT2D eigenvalue weighted by atomic mass is 32.2. The number of anilines is 1. The molecule has 3 aromatic carbocycles. The van der Waals surface area contributed by atoms with Gasteiger partial charge in [-0.2, -0.15) is 3.97 Å². The molecule has 0 aliphatic carbocycles. The average Bonchev–Trinajstić information content (AvgIpc) is 3.20. The minimum absolute atomic E-state index is 0.147. The molecule has 1 saturated heterocycles. The number of carbonyl (C=O) groups is 1. The molecule has 1 aliphatic rings. The van der Waals surface area contributed by atoms with Gasteiger partial charge >= 0.3 is 5.69 Å². The molecule has 0 spiro atoms. The van der Waals surface area contributed by atoms with E-state index in [-0.39, 0.29) is 22.9 Å². The molecular weight excluding hydrogens is 499 g/mol. The summed E-state index contributed by atoms with van der Waals surface area (Å²) >= 11 is 0. The average molecular weight is 525 g/mol. The number of halogens is 1. The second-order valence-electron chi connectivity index (χ2n) is 8.65. The fraction of sp³-hybridized carbons (Fsp3) is 0.231. The molecule has 0 radical (unpaired) electrons. The van der Waals surface area contributed by atoms with E-state index in [0.29, 0.717) is 35.7 Å². The van der Waals surface area contributed by atoms with E-state index in [1.807, 2.05) is 24.3 Å². The van der Waals surface area contributed by atoms with Gasteiger partial charge < -0.3 is 14.5 Å². The molecular formula is C26H25FN4O5S. The molecule has 192 valence electrons. The third-order valence-corrected chi connectivity index (χ3v) is 8.21. The van der Waals surface area contributed by atoms with Crippen LogP contribution < -0.4 is 15.3 Å². The first kappa shape index (κ1) is 24.6. The fourth-order valence-corrected chi connectivity index (χ4v) is 5.93. The molecule has 37 heavy (non-hydrogen) atoms. The Balaban J connectivity index is 1.38. The molecule has 1 amide bonds. The first-order chi connectivity index (χ1) is 17.8. The number of carbonyl (C=O) groups excluding carboxylic acids is 1. The molecule has 0 saturated carbocycles. The number of hydrogen-bond donors (Lipinski definition) is 0. The van der Waals surface area contributed by atoms with Crippen LogP contribution in [0.4, 0.5) is 10.1 Å².